The summed E-state index contributed by atoms with van der Waals surface area (Å²) in [6.45, 7) is 2.54. The highest BCUT2D eigenvalue weighted by Crippen LogP contribution is 2.37. The molecule has 19 heavy (non-hydrogen) atoms. The number of aliphatic carboxylic acids is 1. The molecule has 0 radical (unpaired) electrons. The summed E-state index contributed by atoms with van der Waals surface area (Å²) >= 11 is 8.12. The second-order valence-electron chi connectivity index (χ2n) is 4.99. The van der Waals surface area contributed by atoms with Gasteiger partial charge in [0, 0.05) is 34.6 Å². The minimum atomic E-state index is -0.704. The van der Waals surface area contributed by atoms with Crippen LogP contribution in [0.1, 0.15) is 11.3 Å². The second kappa shape index (κ2) is 5.12. The van der Waals surface area contributed by atoms with Gasteiger partial charge < -0.3 is 5.11 Å². The van der Waals surface area contributed by atoms with Crippen molar-refractivity contribution in [2.24, 2.45) is 5.92 Å². The quantitative estimate of drug-likeness (QED) is 0.939. The van der Waals surface area contributed by atoms with Gasteiger partial charge in [0.2, 0.25) is 0 Å². The number of thiophene rings is 1. The number of fused-ring (bicyclic) bond motifs is 1. The molecule has 0 saturated carbocycles. The zero-order chi connectivity index (χ0) is 13.4. The molecule has 3 rings (SSSR count). The number of rotatable bonds is 4. The lowest BCUT2D eigenvalue weighted by Crippen LogP contribution is -2.46. The maximum atomic E-state index is 10.6. The van der Waals surface area contributed by atoms with Gasteiger partial charge in [0.25, 0.3) is 0 Å². The van der Waals surface area contributed by atoms with Gasteiger partial charge in [-0.25, -0.2) is 0 Å². The third-order valence-corrected chi connectivity index (χ3v) is 5.16. The summed E-state index contributed by atoms with van der Waals surface area (Å²) in [4.78, 5) is 14.0. The van der Waals surface area contributed by atoms with Crippen molar-refractivity contribution in [2.45, 2.75) is 13.0 Å². The maximum Gasteiger partial charge on any atom is 0.303 e. The van der Waals surface area contributed by atoms with E-state index in [4.69, 9.17) is 16.7 Å². The normalized spacial score (nSPS) is 16.7. The predicted octanol–water partition coefficient (Wildman–Crippen LogP) is 3.46. The highest BCUT2D eigenvalue weighted by atomic mass is 35.5. The number of nitrogens with zero attached hydrogens (tertiary/aromatic N) is 1. The van der Waals surface area contributed by atoms with Crippen LogP contribution in [0, 0.1) is 5.92 Å². The van der Waals surface area contributed by atoms with Crippen LogP contribution >= 0.6 is 22.9 Å². The lowest BCUT2D eigenvalue weighted by atomic mass is 9.96. The highest BCUT2D eigenvalue weighted by Gasteiger charge is 2.29. The Morgan fingerprint density at radius 2 is 2.16 bits per heavy atom. The Bertz CT molecular complexity index is 619. The SMILES string of the molecule is O=C(O)CC1CN(Cc2sc3ccccc3c2Cl)C1. The third kappa shape index (κ3) is 2.61. The van der Waals surface area contributed by atoms with E-state index >= 15 is 0 Å². The van der Waals surface area contributed by atoms with Crippen molar-refractivity contribution < 1.29 is 9.90 Å². The van der Waals surface area contributed by atoms with Crippen molar-refractivity contribution in [2.75, 3.05) is 13.1 Å². The van der Waals surface area contributed by atoms with Crippen LogP contribution in [0.3, 0.4) is 0 Å². The molecule has 3 nitrogen and oxygen atoms in total. The van der Waals surface area contributed by atoms with Gasteiger partial charge in [0.05, 0.1) is 11.4 Å². The Labute approximate surface area is 120 Å². The van der Waals surface area contributed by atoms with Crippen LogP contribution in [-0.4, -0.2) is 29.1 Å². The molecule has 0 amide bonds. The third-order valence-electron chi connectivity index (χ3n) is 3.46. The monoisotopic (exact) mass is 295 g/mol. The Hall–Kier alpha value is -1.10. The van der Waals surface area contributed by atoms with Crippen LogP contribution in [0.2, 0.25) is 5.02 Å². The van der Waals surface area contributed by atoms with Crippen molar-refractivity contribution in [3.63, 3.8) is 0 Å². The fourth-order valence-electron chi connectivity index (χ4n) is 2.55. The molecule has 1 aliphatic heterocycles. The average molecular weight is 296 g/mol. The van der Waals surface area contributed by atoms with Gasteiger partial charge in [-0.3, -0.25) is 9.69 Å². The molecule has 1 aliphatic rings. The molecule has 1 aromatic carbocycles. The first kappa shape index (κ1) is 12.9. The number of halogens is 1. The molecular weight excluding hydrogens is 282 g/mol. The van der Waals surface area contributed by atoms with Crippen LogP contribution < -0.4 is 0 Å². The van der Waals surface area contributed by atoms with E-state index in [1.807, 2.05) is 18.2 Å². The van der Waals surface area contributed by atoms with Crippen molar-refractivity contribution >= 4 is 39.0 Å². The number of hydrogen-bond donors (Lipinski definition) is 1. The first-order valence-corrected chi connectivity index (χ1v) is 7.43. The lowest BCUT2D eigenvalue weighted by molar-refractivity contribution is -0.139. The predicted molar refractivity (Wildman–Crippen MR) is 77.9 cm³/mol. The van der Waals surface area contributed by atoms with E-state index in [2.05, 4.69) is 11.0 Å². The van der Waals surface area contributed by atoms with E-state index < -0.39 is 5.97 Å². The molecule has 0 spiro atoms. The zero-order valence-electron chi connectivity index (χ0n) is 10.3. The second-order valence-corrected chi connectivity index (χ2v) is 6.51. The smallest absolute Gasteiger partial charge is 0.303 e. The molecule has 5 heteroatoms. The Morgan fingerprint density at radius 1 is 1.42 bits per heavy atom. The molecular formula is C14H14ClNO2S. The fraction of sp³-hybridized carbons (Fsp3) is 0.357. The van der Waals surface area contributed by atoms with E-state index in [9.17, 15) is 4.79 Å². The number of benzene rings is 1. The van der Waals surface area contributed by atoms with Gasteiger partial charge in [-0.1, -0.05) is 29.8 Å². The zero-order valence-corrected chi connectivity index (χ0v) is 11.9. The topological polar surface area (TPSA) is 40.5 Å². The minimum Gasteiger partial charge on any atom is -0.481 e. The first-order chi connectivity index (χ1) is 9.13. The van der Waals surface area contributed by atoms with Gasteiger partial charge in [0.1, 0.15) is 0 Å². The van der Waals surface area contributed by atoms with E-state index in [-0.39, 0.29) is 6.42 Å². The summed E-state index contributed by atoms with van der Waals surface area (Å²) in [5.41, 5.74) is 0. The molecule has 0 bridgehead atoms. The molecule has 1 saturated heterocycles. The van der Waals surface area contributed by atoms with Crippen LogP contribution in [-0.2, 0) is 11.3 Å². The molecule has 0 unspecified atom stereocenters. The molecule has 1 N–H and O–H groups in total. The van der Waals surface area contributed by atoms with Gasteiger partial charge in [0.15, 0.2) is 0 Å². The molecule has 0 atom stereocenters. The van der Waals surface area contributed by atoms with Crippen molar-refractivity contribution in [1.29, 1.82) is 0 Å². The van der Waals surface area contributed by atoms with Crippen LogP contribution in [0.5, 0.6) is 0 Å². The first-order valence-electron chi connectivity index (χ1n) is 6.23. The van der Waals surface area contributed by atoms with Gasteiger partial charge in [-0.05, 0) is 12.0 Å². The Morgan fingerprint density at radius 3 is 2.84 bits per heavy atom. The number of carboxylic acid groups (broad SMARTS) is 1. The van der Waals surface area contributed by atoms with Crippen molar-refractivity contribution in [3.05, 3.63) is 34.2 Å². The molecule has 1 fully saturated rings. The Balaban J connectivity index is 1.67. The lowest BCUT2D eigenvalue weighted by Gasteiger charge is -2.38. The summed E-state index contributed by atoms with van der Waals surface area (Å²) in [6, 6.07) is 8.14. The minimum absolute atomic E-state index is 0.274. The summed E-state index contributed by atoms with van der Waals surface area (Å²) in [5.74, 6) is -0.407. The standard InChI is InChI=1S/C14H14ClNO2S/c15-14-10-3-1-2-4-11(10)19-12(14)8-16-6-9(7-16)5-13(17)18/h1-4,9H,5-8H2,(H,17,18). The van der Waals surface area contributed by atoms with Gasteiger partial charge >= 0.3 is 5.97 Å². The van der Waals surface area contributed by atoms with Crippen LogP contribution in [0.15, 0.2) is 24.3 Å². The highest BCUT2D eigenvalue weighted by molar-refractivity contribution is 7.19. The van der Waals surface area contributed by atoms with Crippen molar-refractivity contribution in [1.82, 2.24) is 4.90 Å². The van der Waals surface area contributed by atoms with E-state index in [0.29, 0.717) is 5.92 Å². The number of likely N-dealkylation sites (tertiary alicyclic amines) is 1. The molecule has 100 valence electrons. The van der Waals surface area contributed by atoms with Crippen molar-refractivity contribution in [3.8, 4) is 0 Å². The summed E-state index contributed by atoms with van der Waals surface area (Å²) in [6.07, 6.45) is 0.274. The van der Waals surface area contributed by atoms with E-state index in [0.717, 1.165) is 30.0 Å². The molecule has 2 heterocycles. The Kier molecular flexibility index (Phi) is 3.48. The average Bonchev–Trinajstić information content (AvgIpc) is 2.64. The number of hydrogen-bond acceptors (Lipinski definition) is 3. The summed E-state index contributed by atoms with van der Waals surface area (Å²) in [7, 11) is 0. The van der Waals surface area contributed by atoms with E-state index in [1.54, 1.807) is 11.3 Å². The number of carbonyl (C=O) groups is 1. The summed E-state index contributed by atoms with van der Waals surface area (Å²) < 4.78 is 1.21. The molecule has 2 aromatic rings. The van der Waals surface area contributed by atoms with E-state index in [1.165, 1.54) is 9.58 Å². The van der Waals surface area contributed by atoms with Crippen LogP contribution in [0.25, 0.3) is 10.1 Å². The van der Waals surface area contributed by atoms with Gasteiger partial charge in [-0.2, -0.15) is 0 Å². The number of carboxylic acids is 1. The maximum absolute atomic E-state index is 10.6. The fourth-order valence-corrected chi connectivity index (χ4v) is 4.09. The molecule has 1 aromatic heterocycles. The summed E-state index contributed by atoms with van der Waals surface area (Å²) in [5, 5.41) is 10.7. The van der Waals surface area contributed by atoms with Gasteiger partial charge in [-0.15, -0.1) is 11.3 Å². The molecule has 0 aliphatic carbocycles. The van der Waals surface area contributed by atoms with Crippen LogP contribution in [0.4, 0.5) is 0 Å². The largest absolute Gasteiger partial charge is 0.481 e.